The van der Waals surface area contributed by atoms with Gasteiger partial charge in [0.15, 0.2) is 0 Å². The zero-order valence-electron chi connectivity index (χ0n) is 18.3. The molecule has 0 aliphatic heterocycles. The predicted molar refractivity (Wildman–Crippen MR) is 124 cm³/mol. The van der Waals surface area contributed by atoms with Crippen LogP contribution in [0.3, 0.4) is 0 Å². The molecule has 0 saturated carbocycles. The number of hydrazone groups is 1. The van der Waals surface area contributed by atoms with Crippen molar-refractivity contribution >= 4 is 27.8 Å². The van der Waals surface area contributed by atoms with Crippen LogP contribution in [0.5, 0.6) is 0 Å². The molecule has 0 bridgehead atoms. The van der Waals surface area contributed by atoms with Gasteiger partial charge in [0.05, 0.1) is 18.2 Å². The molecule has 7 nitrogen and oxygen atoms in total. The predicted octanol–water partition coefficient (Wildman–Crippen LogP) is 3.46. The van der Waals surface area contributed by atoms with Gasteiger partial charge in [-0.2, -0.15) is 5.10 Å². The third kappa shape index (κ3) is 5.05. The Kier molecular flexibility index (Phi) is 6.78. The van der Waals surface area contributed by atoms with E-state index in [4.69, 9.17) is 0 Å². The zero-order valence-corrected chi connectivity index (χ0v) is 19.1. The second-order valence-electron chi connectivity index (χ2n) is 7.46. The van der Waals surface area contributed by atoms with Crippen LogP contribution in [-0.2, 0) is 14.8 Å². The molecule has 0 atom stereocenters. The van der Waals surface area contributed by atoms with E-state index >= 15 is 0 Å². The number of aromatic nitrogens is 1. The van der Waals surface area contributed by atoms with E-state index in [-0.39, 0.29) is 5.69 Å². The molecule has 3 rings (SSSR count). The summed E-state index contributed by atoms with van der Waals surface area (Å²) >= 11 is 0. The molecule has 1 amide bonds. The highest BCUT2D eigenvalue weighted by atomic mass is 32.2. The highest BCUT2D eigenvalue weighted by Crippen LogP contribution is 2.23. The van der Waals surface area contributed by atoms with Gasteiger partial charge in [-0.1, -0.05) is 30.3 Å². The molecule has 168 valence electrons. The quantitative estimate of drug-likeness (QED) is 0.437. The van der Waals surface area contributed by atoms with Crippen LogP contribution in [0.2, 0.25) is 0 Å². The summed E-state index contributed by atoms with van der Waals surface area (Å²) in [6.45, 7) is 5.37. The van der Waals surface area contributed by atoms with Gasteiger partial charge in [-0.3, -0.25) is 9.10 Å². The summed E-state index contributed by atoms with van der Waals surface area (Å²) in [6, 6.07) is 15.3. The van der Waals surface area contributed by atoms with E-state index in [1.807, 2.05) is 51.1 Å². The molecule has 0 radical (unpaired) electrons. The monoisotopic (exact) mass is 456 g/mol. The Morgan fingerprint density at radius 3 is 2.44 bits per heavy atom. The highest BCUT2D eigenvalue weighted by molar-refractivity contribution is 7.92. The Morgan fingerprint density at radius 1 is 1.12 bits per heavy atom. The van der Waals surface area contributed by atoms with Crippen molar-refractivity contribution in [3.05, 3.63) is 82.9 Å². The lowest BCUT2D eigenvalue weighted by atomic mass is 10.2. The molecule has 1 heterocycles. The van der Waals surface area contributed by atoms with Gasteiger partial charge < -0.3 is 4.57 Å². The molecule has 0 aliphatic carbocycles. The van der Waals surface area contributed by atoms with Crippen LogP contribution in [0.25, 0.3) is 5.69 Å². The fourth-order valence-electron chi connectivity index (χ4n) is 3.48. The molecule has 1 aromatic heterocycles. The molecule has 0 aliphatic rings. The van der Waals surface area contributed by atoms with Crippen molar-refractivity contribution in [3.63, 3.8) is 0 Å². The number of para-hydroxylation sites is 2. The largest absolute Gasteiger partial charge is 0.318 e. The third-order valence-corrected chi connectivity index (χ3v) is 6.15. The first-order chi connectivity index (χ1) is 15.1. The smallest absolute Gasteiger partial charge is 0.260 e. The van der Waals surface area contributed by atoms with Crippen LogP contribution < -0.4 is 9.73 Å². The Bertz CT molecular complexity index is 1280. The topological polar surface area (TPSA) is 83.8 Å². The van der Waals surface area contributed by atoms with E-state index < -0.39 is 28.3 Å². The lowest BCUT2D eigenvalue weighted by Crippen LogP contribution is -2.39. The molecule has 2 aromatic carbocycles. The minimum atomic E-state index is -3.88. The van der Waals surface area contributed by atoms with Gasteiger partial charge in [0.2, 0.25) is 10.0 Å². The SMILES string of the molecule is Cc1ccccc1-n1c(C)cc(/C=N\NC(=O)CN(c2ccccc2F)S(C)(=O)=O)c1C. The number of nitrogens with one attached hydrogen (secondary N) is 1. The van der Waals surface area contributed by atoms with E-state index in [1.165, 1.54) is 24.4 Å². The summed E-state index contributed by atoms with van der Waals surface area (Å²) in [4.78, 5) is 12.3. The molecule has 1 N–H and O–H groups in total. The fraction of sp³-hybridized carbons (Fsp3) is 0.217. The maximum absolute atomic E-state index is 14.1. The average molecular weight is 457 g/mol. The van der Waals surface area contributed by atoms with E-state index in [0.717, 1.165) is 40.5 Å². The van der Waals surface area contributed by atoms with Crippen molar-refractivity contribution in [2.24, 2.45) is 5.10 Å². The van der Waals surface area contributed by atoms with Crippen LogP contribution in [-0.4, -0.2) is 37.9 Å². The fourth-order valence-corrected chi connectivity index (χ4v) is 4.34. The summed E-state index contributed by atoms with van der Waals surface area (Å²) in [5.41, 5.74) is 7.06. The van der Waals surface area contributed by atoms with Crippen LogP contribution in [0.1, 0.15) is 22.5 Å². The molecule has 32 heavy (non-hydrogen) atoms. The van der Waals surface area contributed by atoms with Crippen molar-refractivity contribution in [1.82, 2.24) is 9.99 Å². The standard InChI is InChI=1S/C23H25FN4O3S/c1-16-9-5-7-11-21(16)28-17(2)13-19(18(28)3)14-25-26-23(29)15-27(32(4,30)31)22-12-8-6-10-20(22)24/h5-14H,15H2,1-4H3,(H,26,29)/b25-14-. The molecule has 0 unspecified atom stereocenters. The van der Waals surface area contributed by atoms with Crippen molar-refractivity contribution in [2.75, 3.05) is 17.1 Å². The van der Waals surface area contributed by atoms with Crippen LogP contribution >= 0.6 is 0 Å². The average Bonchev–Trinajstić information content (AvgIpc) is 3.00. The number of hydrogen-bond acceptors (Lipinski definition) is 4. The van der Waals surface area contributed by atoms with E-state index in [2.05, 4.69) is 15.1 Å². The molecular weight excluding hydrogens is 431 g/mol. The van der Waals surface area contributed by atoms with Crippen molar-refractivity contribution < 1.29 is 17.6 Å². The third-order valence-electron chi connectivity index (χ3n) is 5.03. The first-order valence-electron chi connectivity index (χ1n) is 9.88. The number of nitrogens with zero attached hydrogens (tertiary/aromatic N) is 3. The van der Waals surface area contributed by atoms with Crippen molar-refractivity contribution in [2.45, 2.75) is 20.8 Å². The summed E-state index contributed by atoms with van der Waals surface area (Å²) in [6.07, 6.45) is 2.42. The number of benzene rings is 2. The number of carbonyl (C=O) groups is 1. The summed E-state index contributed by atoms with van der Waals surface area (Å²) in [7, 11) is -3.88. The van der Waals surface area contributed by atoms with Gasteiger partial charge in [-0.25, -0.2) is 18.2 Å². The number of carbonyl (C=O) groups excluding carboxylic acids is 1. The van der Waals surface area contributed by atoms with Crippen LogP contribution in [0.15, 0.2) is 59.7 Å². The van der Waals surface area contributed by atoms with Crippen molar-refractivity contribution in [3.8, 4) is 5.69 Å². The molecule has 0 saturated heterocycles. The minimum Gasteiger partial charge on any atom is -0.318 e. The van der Waals surface area contributed by atoms with Gasteiger partial charge in [-0.15, -0.1) is 0 Å². The summed E-state index contributed by atoms with van der Waals surface area (Å²) < 4.78 is 41.1. The number of halogens is 1. The van der Waals surface area contributed by atoms with E-state index in [0.29, 0.717) is 4.31 Å². The number of rotatable bonds is 7. The molecule has 3 aromatic rings. The number of sulfonamides is 1. The number of anilines is 1. The van der Waals surface area contributed by atoms with Gasteiger partial charge in [0.1, 0.15) is 12.4 Å². The number of aryl methyl sites for hydroxylation is 2. The van der Waals surface area contributed by atoms with Gasteiger partial charge in [0, 0.05) is 22.6 Å². The molecule has 9 heteroatoms. The second kappa shape index (κ2) is 9.35. The Morgan fingerprint density at radius 2 is 1.78 bits per heavy atom. The minimum absolute atomic E-state index is 0.198. The van der Waals surface area contributed by atoms with E-state index in [1.54, 1.807) is 0 Å². The van der Waals surface area contributed by atoms with E-state index in [9.17, 15) is 17.6 Å². The Balaban J connectivity index is 1.76. The molecule has 0 spiro atoms. The first kappa shape index (κ1) is 23.2. The van der Waals surface area contributed by atoms with Crippen LogP contribution in [0.4, 0.5) is 10.1 Å². The maximum Gasteiger partial charge on any atom is 0.260 e. The van der Waals surface area contributed by atoms with Gasteiger partial charge in [0.25, 0.3) is 5.91 Å². The Labute approximate surface area is 187 Å². The van der Waals surface area contributed by atoms with Crippen LogP contribution in [0, 0.1) is 26.6 Å². The Hall–Kier alpha value is -3.46. The normalized spacial score (nSPS) is 11.7. The summed E-state index contributed by atoms with van der Waals surface area (Å²) in [5.74, 6) is -1.43. The van der Waals surface area contributed by atoms with Crippen molar-refractivity contribution in [1.29, 1.82) is 0 Å². The first-order valence-corrected chi connectivity index (χ1v) is 11.7. The second-order valence-corrected chi connectivity index (χ2v) is 9.37. The lowest BCUT2D eigenvalue weighted by molar-refractivity contribution is -0.119. The molecular formula is C23H25FN4O3S. The summed E-state index contributed by atoms with van der Waals surface area (Å²) in [5, 5.41) is 3.97. The van der Waals surface area contributed by atoms with Gasteiger partial charge >= 0.3 is 0 Å². The zero-order chi connectivity index (χ0) is 23.5. The number of hydrogen-bond donors (Lipinski definition) is 1. The maximum atomic E-state index is 14.1. The highest BCUT2D eigenvalue weighted by Gasteiger charge is 2.23. The number of amides is 1. The lowest BCUT2D eigenvalue weighted by Gasteiger charge is -2.21. The molecule has 0 fully saturated rings. The van der Waals surface area contributed by atoms with Gasteiger partial charge in [-0.05, 0) is 50.6 Å².